The lowest BCUT2D eigenvalue weighted by atomic mass is 9.64. The fourth-order valence-corrected chi connectivity index (χ4v) is 5.08. The van der Waals surface area contributed by atoms with Crippen LogP contribution in [0.15, 0.2) is 30.5 Å². The number of aryl methyl sites for hydroxylation is 2. The first-order chi connectivity index (χ1) is 15.1. The number of hydrogen-bond acceptors (Lipinski definition) is 5. The molecule has 1 fully saturated rings. The van der Waals surface area contributed by atoms with Gasteiger partial charge in [0.1, 0.15) is 5.82 Å². The van der Waals surface area contributed by atoms with Crippen molar-refractivity contribution in [1.82, 2.24) is 9.97 Å². The Morgan fingerprint density at radius 2 is 2.13 bits per heavy atom. The number of nitrogens with zero attached hydrogens (tertiary/aromatic N) is 2. The molecule has 2 aromatic rings. The summed E-state index contributed by atoms with van der Waals surface area (Å²) in [4.78, 5) is 20.5. The van der Waals surface area contributed by atoms with Crippen LogP contribution in [0.1, 0.15) is 67.7 Å². The fraction of sp³-hybridized carbons (Fsp3) is 0.560. The third kappa shape index (κ3) is 5.54. The van der Waals surface area contributed by atoms with Gasteiger partial charge >= 0.3 is 5.97 Å². The zero-order valence-corrected chi connectivity index (χ0v) is 18.3. The molecule has 1 atom stereocenters. The Morgan fingerprint density at radius 1 is 1.26 bits per heavy atom. The van der Waals surface area contributed by atoms with E-state index in [-0.39, 0.29) is 12.3 Å². The average Bonchev–Trinajstić information content (AvgIpc) is 2.76. The van der Waals surface area contributed by atoms with Gasteiger partial charge in [0.25, 0.3) is 0 Å². The molecule has 4 rings (SSSR count). The summed E-state index contributed by atoms with van der Waals surface area (Å²) in [6, 6.07) is 8.21. The normalized spacial score (nSPS) is 20.8. The van der Waals surface area contributed by atoms with Crippen LogP contribution in [-0.2, 0) is 17.6 Å². The van der Waals surface area contributed by atoms with E-state index in [9.17, 15) is 9.90 Å². The number of unbranched alkanes of at least 4 members (excludes halogenated alkanes) is 1. The van der Waals surface area contributed by atoms with Crippen molar-refractivity contribution < 1.29 is 14.6 Å². The summed E-state index contributed by atoms with van der Waals surface area (Å²) in [6.45, 7) is 1.03. The van der Waals surface area contributed by atoms with Gasteiger partial charge in [-0.3, -0.25) is 4.79 Å². The minimum Gasteiger partial charge on any atom is -0.481 e. The summed E-state index contributed by atoms with van der Waals surface area (Å²) >= 11 is 0. The fourth-order valence-electron chi connectivity index (χ4n) is 5.08. The number of aromatic nitrogens is 2. The van der Waals surface area contributed by atoms with Gasteiger partial charge in [0.15, 0.2) is 0 Å². The van der Waals surface area contributed by atoms with Crippen LogP contribution in [0.2, 0.25) is 0 Å². The number of fused-ring (bicyclic) bond motifs is 1. The molecule has 6 heteroatoms. The SMILES string of the molecule is COc1ccc(C(CC(=O)O)C2CC(CCCCc3ccc4c(n3)NCCC4)C2)cn1. The Kier molecular flexibility index (Phi) is 7.05. The summed E-state index contributed by atoms with van der Waals surface area (Å²) in [7, 11) is 1.59. The van der Waals surface area contributed by atoms with Crippen molar-refractivity contribution in [3.63, 3.8) is 0 Å². The molecule has 1 unspecified atom stereocenters. The number of nitrogens with one attached hydrogen (secondary N) is 1. The molecule has 6 nitrogen and oxygen atoms in total. The molecule has 1 aliphatic carbocycles. The second-order valence-corrected chi connectivity index (χ2v) is 9.02. The lowest BCUT2D eigenvalue weighted by Crippen LogP contribution is -2.30. The summed E-state index contributed by atoms with van der Waals surface area (Å²) in [5.41, 5.74) is 3.55. The molecule has 0 amide bonds. The molecule has 3 heterocycles. The largest absolute Gasteiger partial charge is 0.481 e. The number of carbonyl (C=O) groups is 1. The van der Waals surface area contributed by atoms with Crippen molar-refractivity contribution in [1.29, 1.82) is 0 Å². The molecule has 0 saturated heterocycles. The number of aliphatic carboxylic acids is 1. The molecule has 1 saturated carbocycles. The van der Waals surface area contributed by atoms with Crippen LogP contribution in [0.25, 0.3) is 0 Å². The summed E-state index contributed by atoms with van der Waals surface area (Å²) in [6.07, 6.45) is 11.1. The quantitative estimate of drug-likeness (QED) is 0.532. The number of hydrogen-bond donors (Lipinski definition) is 2. The highest BCUT2D eigenvalue weighted by molar-refractivity contribution is 5.68. The molecule has 0 radical (unpaired) electrons. The predicted molar refractivity (Wildman–Crippen MR) is 121 cm³/mol. The zero-order chi connectivity index (χ0) is 21.6. The van der Waals surface area contributed by atoms with E-state index in [1.807, 2.05) is 12.1 Å². The maximum Gasteiger partial charge on any atom is 0.303 e. The van der Waals surface area contributed by atoms with Gasteiger partial charge < -0.3 is 15.2 Å². The van der Waals surface area contributed by atoms with E-state index < -0.39 is 5.97 Å². The van der Waals surface area contributed by atoms with Gasteiger partial charge in [0.05, 0.1) is 13.5 Å². The van der Waals surface area contributed by atoms with E-state index in [1.165, 1.54) is 30.5 Å². The van der Waals surface area contributed by atoms with Gasteiger partial charge in [-0.15, -0.1) is 0 Å². The third-order valence-electron chi connectivity index (χ3n) is 6.88. The van der Waals surface area contributed by atoms with Crippen LogP contribution in [0.5, 0.6) is 5.88 Å². The highest BCUT2D eigenvalue weighted by Gasteiger charge is 2.36. The van der Waals surface area contributed by atoms with Crippen molar-refractivity contribution in [2.75, 3.05) is 19.0 Å². The van der Waals surface area contributed by atoms with Crippen molar-refractivity contribution in [2.45, 2.75) is 63.7 Å². The second-order valence-electron chi connectivity index (χ2n) is 9.02. The molecule has 2 aliphatic rings. The number of carboxylic acids is 1. The second kappa shape index (κ2) is 10.1. The molecular formula is C25H33N3O3. The molecule has 0 aromatic carbocycles. The Hall–Kier alpha value is -2.63. The molecular weight excluding hydrogens is 390 g/mol. The highest BCUT2D eigenvalue weighted by atomic mass is 16.5. The Labute approximate surface area is 184 Å². The lowest BCUT2D eigenvalue weighted by Gasteiger charge is -2.40. The van der Waals surface area contributed by atoms with Crippen molar-refractivity contribution in [3.05, 3.63) is 47.3 Å². The van der Waals surface area contributed by atoms with Crippen LogP contribution >= 0.6 is 0 Å². The predicted octanol–water partition coefficient (Wildman–Crippen LogP) is 4.84. The summed E-state index contributed by atoms with van der Waals surface area (Å²) < 4.78 is 5.13. The standard InChI is InChI=1S/C25H33N3O3/c1-31-23-11-9-19(16-27-23)22(15-24(29)30)20-13-17(14-20)5-2-3-7-21-10-8-18-6-4-12-26-25(18)28-21/h8-11,16-17,20,22H,2-7,12-15H2,1H3,(H,26,28)(H,29,30). The van der Waals surface area contributed by atoms with E-state index in [0.717, 1.165) is 50.0 Å². The molecule has 166 valence electrons. The topological polar surface area (TPSA) is 84.3 Å². The van der Waals surface area contributed by atoms with Crippen LogP contribution in [-0.4, -0.2) is 34.7 Å². The highest BCUT2D eigenvalue weighted by Crippen LogP contribution is 2.46. The van der Waals surface area contributed by atoms with Crippen LogP contribution < -0.4 is 10.1 Å². The van der Waals surface area contributed by atoms with Crippen molar-refractivity contribution >= 4 is 11.8 Å². The number of carboxylic acid groups (broad SMARTS) is 1. The summed E-state index contributed by atoms with van der Waals surface area (Å²) in [5, 5.41) is 12.8. The molecule has 2 N–H and O–H groups in total. The number of pyridine rings is 2. The van der Waals surface area contributed by atoms with Gasteiger partial charge in [-0.05, 0) is 73.5 Å². The molecule has 0 bridgehead atoms. The Balaban J connectivity index is 1.22. The van der Waals surface area contributed by atoms with Gasteiger partial charge in [-0.2, -0.15) is 0 Å². The van der Waals surface area contributed by atoms with Gasteiger partial charge in [0, 0.05) is 24.5 Å². The van der Waals surface area contributed by atoms with Crippen LogP contribution in [0.3, 0.4) is 0 Å². The van der Waals surface area contributed by atoms with Crippen molar-refractivity contribution in [3.8, 4) is 5.88 Å². The van der Waals surface area contributed by atoms with Gasteiger partial charge in [-0.1, -0.05) is 25.0 Å². The first-order valence-electron chi connectivity index (χ1n) is 11.6. The van der Waals surface area contributed by atoms with E-state index in [2.05, 4.69) is 22.4 Å². The molecule has 1 aliphatic heterocycles. The average molecular weight is 424 g/mol. The van der Waals surface area contributed by atoms with Crippen LogP contribution in [0, 0.1) is 11.8 Å². The Bertz CT molecular complexity index is 878. The smallest absolute Gasteiger partial charge is 0.303 e. The molecule has 2 aromatic heterocycles. The Morgan fingerprint density at radius 3 is 2.87 bits per heavy atom. The number of ether oxygens (including phenoxy) is 1. The maximum atomic E-state index is 11.4. The van der Waals surface area contributed by atoms with E-state index in [1.54, 1.807) is 13.3 Å². The third-order valence-corrected chi connectivity index (χ3v) is 6.88. The lowest BCUT2D eigenvalue weighted by molar-refractivity contribution is -0.138. The minimum atomic E-state index is -0.740. The molecule has 0 spiro atoms. The monoisotopic (exact) mass is 423 g/mol. The van der Waals surface area contributed by atoms with Gasteiger partial charge in [0.2, 0.25) is 5.88 Å². The zero-order valence-electron chi connectivity index (χ0n) is 18.3. The van der Waals surface area contributed by atoms with E-state index in [4.69, 9.17) is 9.72 Å². The van der Waals surface area contributed by atoms with Crippen LogP contribution in [0.4, 0.5) is 5.82 Å². The van der Waals surface area contributed by atoms with E-state index in [0.29, 0.717) is 17.7 Å². The van der Waals surface area contributed by atoms with E-state index >= 15 is 0 Å². The van der Waals surface area contributed by atoms with Crippen molar-refractivity contribution in [2.24, 2.45) is 11.8 Å². The maximum absolute atomic E-state index is 11.4. The summed E-state index contributed by atoms with van der Waals surface area (Å²) in [5.74, 6) is 2.10. The number of rotatable bonds is 10. The first-order valence-corrected chi connectivity index (χ1v) is 11.6. The minimum absolute atomic E-state index is 0.0411. The first kappa shape index (κ1) is 21.6. The number of anilines is 1. The van der Waals surface area contributed by atoms with Gasteiger partial charge in [-0.25, -0.2) is 9.97 Å². The number of methoxy groups -OCH3 is 1. The molecule has 31 heavy (non-hydrogen) atoms.